The summed E-state index contributed by atoms with van der Waals surface area (Å²) in [6.45, 7) is 2.38. The van der Waals surface area contributed by atoms with Gasteiger partial charge in [0, 0.05) is 30.4 Å². The molecule has 2 N–H and O–H groups in total. The van der Waals surface area contributed by atoms with Crippen molar-refractivity contribution in [3.8, 4) is 16.3 Å². The second-order valence-corrected chi connectivity index (χ2v) is 8.49. The Morgan fingerprint density at radius 1 is 1.17 bits per heavy atom. The van der Waals surface area contributed by atoms with E-state index in [1.807, 2.05) is 71.7 Å². The van der Waals surface area contributed by atoms with Gasteiger partial charge in [-0.1, -0.05) is 24.3 Å². The Morgan fingerprint density at radius 3 is 2.67 bits per heavy atom. The van der Waals surface area contributed by atoms with Gasteiger partial charge in [-0.05, 0) is 49.4 Å². The minimum Gasteiger partial charge on any atom is -0.369 e. The molecule has 0 saturated carbocycles. The summed E-state index contributed by atoms with van der Waals surface area (Å²) in [5, 5.41) is 6.76. The van der Waals surface area contributed by atoms with Crippen LogP contribution in [-0.2, 0) is 9.59 Å². The molecule has 0 spiro atoms. The van der Waals surface area contributed by atoms with Crippen LogP contribution in [0.5, 0.6) is 0 Å². The number of rotatable bonds is 5. The highest BCUT2D eigenvalue weighted by atomic mass is 32.1. The van der Waals surface area contributed by atoms with E-state index >= 15 is 0 Å². The first-order valence-electron chi connectivity index (χ1n) is 10.00. The normalized spacial score (nSPS) is 19.3. The van der Waals surface area contributed by atoms with E-state index in [9.17, 15) is 9.59 Å². The maximum Gasteiger partial charge on any atom is 0.246 e. The standard InChI is InChI=1S/C23H24N4O2S/c1-16-9-10-18(23(24)29)14-26(16)21(28)12-11-17-15-27(19-6-3-2-4-7-19)25-22(17)20-8-5-13-30-20/h2-8,11-13,15-16,18H,9-10,14H2,1H3,(H2,24,29)/b12-11+/t16-,18-/m1/s1. The molecule has 0 bridgehead atoms. The molecular weight excluding hydrogens is 396 g/mol. The molecule has 1 aliphatic rings. The number of amides is 2. The first-order valence-corrected chi connectivity index (χ1v) is 10.9. The van der Waals surface area contributed by atoms with Crippen molar-refractivity contribution in [3.05, 3.63) is 65.7 Å². The fraction of sp³-hybridized carbons (Fsp3) is 0.261. The van der Waals surface area contributed by atoms with E-state index in [0.29, 0.717) is 6.54 Å². The first kappa shape index (κ1) is 20.1. The molecule has 0 unspecified atom stereocenters. The van der Waals surface area contributed by atoms with Crippen molar-refractivity contribution in [1.82, 2.24) is 14.7 Å². The highest BCUT2D eigenvalue weighted by Crippen LogP contribution is 2.29. The van der Waals surface area contributed by atoms with Gasteiger partial charge in [0.15, 0.2) is 0 Å². The minimum absolute atomic E-state index is 0.0848. The van der Waals surface area contributed by atoms with E-state index in [0.717, 1.165) is 34.7 Å². The van der Waals surface area contributed by atoms with Crippen LogP contribution >= 0.6 is 11.3 Å². The Kier molecular flexibility index (Phi) is 5.81. The lowest BCUT2D eigenvalue weighted by atomic mass is 9.93. The van der Waals surface area contributed by atoms with Crippen LogP contribution in [0.3, 0.4) is 0 Å². The summed E-state index contributed by atoms with van der Waals surface area (Å²) in [6.07, 6.45) is 6.82. The third kappa shape index (κ3) is 4.21. The first-order chi connectivity index (χ1) is 14.5. The van der Waals surface area contributed by atoms with Crippen LogP contribution in [0, 0.1) is 5.92 Å². The number of primary amides is 1. The fourth-order valence-electron chi connectivity index (χ4n) is 3.73. The van der Waals surface area contributed by atoms with Crippen LogP contribution in [0.4, 0.5) is 0 Å². The minimum atomic E-state index is -0.340. The smallest absolute Gasteiger partial charge is 0.246 e. The SMILES string of the molecule is C[C@@H]1CC[C@@H](C(N)=O)CN1C(=O)/C=C/c1cn(-c2ccccc2)nc1-c1cccs1. The van der Waals surface area contributed by atoms with Gasteiger partial charge < -0.3 is 10.6 Å². The number of carbonyl (C=O) groups excluding carboxylic acids is 2. The molecular formula is C23H24N4O2S. The Hall–Kier alpha value is -3.19. The molecule has 1 aromatic carbocycles. The summed E-state index contributed by atoms with van der Waals surface area (Å²) in [7, 11) is 0. The Bertz CT molecular complexity index is 1060. The molecule has 6 nitrogen and oxygen atoms in total. The van der Waals surface area contributed by atoms with E-state index in [4.69, 9.17) is 10.8 Å². The number of thiophene rings is 1. The summed E-state index contributed by atoms with van der Waals surface area (Å²) in [5.74, 6) is -0.730. The lowest BCUT2D eigenvalue weighted by Crippen LogP contribution is -2.48. The van der Waals surface area contributed by atoms with Crippen molar-refractivity contribution in [2.75, 3.05) is 6.54 Å². The molecule has 3 aromatic rings. The Labute approximate surface area is 179 Å². The van der Waals surface area contributed by atoms with Gasteiger partial charge in [0.05, 0.1) is 16.5 Å². The average molecular weight is 421 g/mol. The van der Waals surface area contributed by atoms with E-state index in [1.165, 1.54) is 0 Å². The van der Waals surface area contributed by atoms with Gasteiger partial charge >= 0.3 is 0 Å². The number of benzene rings is 1. The topological polar surface area (TPSA) is 81.2 Å². The zero-order chi connectivity index (χ0) is 21.1. The third-order valence-electron chi connectivity index (χ3n) is 5.49. The summed E-state index contributed by atoms with van der Waals surface area (Å²) in [5.41, 5.74) is 8.12. The third-order valence-corrected chi connectivity index (χ3v) is 6.37. The molecule has 0 radical (unpaired) electrons. The van der Waals surface area contributed by atoms with Gasteiger partial charge in [0.1, 0.15) is 5.69 Å². The number of hydrogen-bond donors (Lipinski definition) is 1. The number of para-hydroxylation sites is 1. The summed E-state index contributed by atoms with van der Waals surface area (Å²) in [4.78, 5) is 27.2. The van der Waals surface area contributed by atoms with Crippen LogP contribution in [-0.4, -0.2) is 39.1 Å². The van der Waals surface area contributed by atoms with Crippen molar-refractivity contribution >= 4 is 29.2 Å². The zero-order valence-corrected chi connectivity index (χ0v) is 17.6. The summed E-state index contributed by atoms with van der Waals surface area (Å²) < 4.78 is 1.83. The molecule has 2 amide bonds. The Balaban J connectivity index is 1.61. The molecule has 30 heavy (non-hydrogen) atoms. The van der Waals surface area contributed by atoms with Gasteiger partial charge in [-0.2, -0.15) is 5.10 Å². The molecule has 0 aliphatic carbocycles. The Morgan fingerprint density at radius 2 is 1.97 bits per heavy atom. The van der Waals surface area contributed by atoms with E-state index in [-0.39, 0.29) is 23.8 Å². The van der Waals surface area contributed by atoms with Crippen molar-refractivity contribution in [2.24, 2.45) is 11.7 Å². The van der Waals surface area contributed by atoms with E-state index < -0.39 is 0 Å². The molecule has 3 heterocycles. The molecule has 154 valence electrons. The average Bonchev–Trinajstić information content (AvgIpc) is 3.42. The lowest BCUT2D eigenvalue weighted by Gasteiger charge is -2.36. The highest BCUT2D eigenvalue weighted by molar-refractivity contribution is 7.13. The number of piperidine rings is 1. The highest BCUT2D eigenvalue weighted by Gasteiger charge is 2.30. The molecule has 2 aromatic heterocycles. The molecule has 7 heteroatoms. The van der Waals surface area contributed by atoms with Gasteiger partial charge in [-0.15, -0.1) is 11.3 Å². The van der Waals surface area contributed by atoms with Gasteiger partial charge in [0.2, 0.25) is 11.8 Å². The van der Waals surface area contributed by atoms with Crippen LogP contribution in [0.15, 0.2) is 60.1 Å². The van der Waals surface area contributed by atoms with Crippen molar-refractivity contribution in [2.45, 2.75) is 25.8 Å². The molecule has 4 rings (SSSR count). The van der Waals surface area contributed by atoms with Gasteiger partial charge in [0.25, 0.3) is 0 Å². The van der Waals surface area contributed by atoms with Crippen molar-refractivity contribution in [3.63, 3.8) is 0 Å². The van der Waals surface area contributed by atoms with Gasteiger partial charge in [-0.3, -0.25) is 9.59 Å². The second-order valence-electron chi connectivity index (χ2n) is 7.54. The predicted octanol–water partition coefficient (Wildman–Crippen LogP) is 3.73. The predicted molar refractivity (Wildman–Crippen MR) is 119 cm³/mol. The van der Waals surface area contributed by atoms with Crippen LogP contribution < -0.4 is 5.73 Å². The molecule has 1 aliphatic heterocycles. The van der Waals surface area contributed by atoms with Crippen molar-refractivity contribution in [1.29, 1.82) is 0 Å². The quantitative estimate of drug-likeness (QED) is 0.639. The van der Waals surface area contributed by atoms with E-state index in [2.05, 4.69) is 0 Å². The largest absolute Gasteiger partial charge is 0.369 e. The van der Waals surface area contributed by atoms with Crippen LogP contribution in [0.2, 0.25) is 0 Å². The molecule has 1 saturated heterocycles. The zero-order valence-electron chi connectivity index (χ0n) is 16.8. The van der Waals surface area contributed by atoms with Crippen molar-refractivity contribution < 1.29 is 9.59 Å². The number of carbonyl (C=O) groups is 2. The summed E-state index contributed by atoms with van der Waals surface area (Å²) >= 11 is 1.61. The lowest BCUT2D eigenvalue weighted by molar-refractivity contribution is -0.133. The maximum atomic E-state index is 12.9. The summed E-state index contributed by atoms with van der Waals surface area (Å²) in [6, 6.07) is 14.0. The number of likely N-dealkylation sites (tertiary alicyclic amines) is 1. The monoisotopic (exact) mass is 420 g/mol. The van der Waals surface area contributed by atoms with Crippen LogP contribution in [0.25, 0.3) is 22.3 Å². The molecule has 1 fully saturated rings. The maximum absolute atomic E-state index is 12.9. The molecule has 2 atom stereocenters. The fourth-order valence-corrected chi connectivity index (χ4v) is 4.46. The number of hydrogen-bond acceptors (Lipinski definition) is 4. The van der Waals surface area contributed by atoms with Gasteiger partial charge in [-0.25, -0.2) is 4.68 Å². The van der Waals surface area contributed by atoms with E-state index in [1.54, 1.807) is 22.3 Å². The number of nitrogens with zero attached hydrogens (tertiary/aromatic N) is 3. The van der Waals surface area contributed by atoms with Crippen LogP contribution in [0.1, 0.15) is 25.3 Å². The second kappa shape index (κ2) is 8.67. The number of aromatic nitrogens is 2. The number of nitrogens with two attached hydrogens (primary N) is 1.